The van der Waals surface area contributed by atoms with E-state index >= 15 is 0 Å². The van der Waals surface area contributed by atoms with E-state index in [9.17, 15) is 4.79 Å². The van der Waals surface area contributed by atoms with E-state index in [2.05, 4.69) is 16.6 Å². The van der Waals surface area contributed by atoms with E-state index in [4.69, 9.17) is 13.6 Å². The lowest BCUT2D eigenvalue weighted by Gasteiger charge is -2.35. The number of nitrogens with zero attached hydrogens (tertiary/aromatic N) is 1. The maximum absolute atomic E-state index is 11.5. The molecule has 0 spiro atoms. The predicted octanol–water partition coefficient (Wildman–Crippen LogP) is 3.10. The molecule has 1 aliphatic heterocycles. The number of hydrogen-bond acceptors (Lipinski definition) is 6. The van der Waals surface area contributed by atoms with Crippen molar-refractivity contribution in [2.24, 2.45) is 0 Å². The van der Waals surface area contributed by atoms with Gasteiger partial charge in [0.05, 0.1) is 19.8 Å². The molecule has 0 aromatic carbocycles. The Kier molecular flexibility index (Phi) is 4.54. The monoisotopic (exact) mass is 319 g/mol. The van der Waals surface area contributed by atoms with Crippen LogP contribution in [0.25, 0.3) is 0 Å². The highest BCUT2D eigenvalue weighted by molar-refractivity contribution is 5.86. The Morgan fingerprint density at radius 1 is 1.30 bits per heavy atom. The number of furan rings is 2. The lowest BCUT2D eigenvalue weighted by Crippen LogP contribution is -2.39. The summed E-state index contributed by atoms with van der Waals surface area (Å²) in [5.74, 6) is 2.22. The first-order valence-corrected chi connectivity index (χ1v) is 7.68. The van der Waals surface area contributed by atoms with E-state index in [0.29, 0.717) is 13.2 Å². The molecule has 0 saturated carbocycles. The Bertz CT molecular complexity index is 674. The molecule has 1 fully saturated rings. The van der Waals surface area contributed by atoms with Gasteiger partial charge in [-0.25, -0.2) is 4.79 Å². The maximum Gasteiger partial charge on any atom is 0.373 e. The average molecular weight is 319 g/mol. The van der Waals surface area contributed by atoms with Gasteiger partial charge in [0.1, 0.15) is 23.4 Å². The first-order chi connectivity index (χ1) is 11.1. The second kappa shape index (κ2) is 6.60. The zero-order valence-corrected chi connectivity index (χ0v) is 13.6. The van der Waals surface area contributed by atoms with Crippen LogP contribution in [0.4, 0.5) is 0 Å². The van der Waals surface area contributed by atoms with E-state index in [-0.39, 0.29) is 17.9 Å². The molecule has 2 aromatic heterocycles. The van der Waals surface area contributed by atoms with Crippen LogP contribution in [0.2, 0.25) is 0 Å². The topological polar surface area (TPSA) is 65.0 Å². The molecule has 0 unspecified atom stereocenters. The minimum absolute atomic E-state index is 0.0378. The van der Waals surface area contributed by atoms with Crippen LogP contribution in [0.5, 0.6) is 0 Å². The second-order valence-electron chi connectivity index (χ2n) is 5.67. The molecule has 3 heterocycles. The summed E-state index contributed by atoms with van der Waals surface area (Å²) in [6.07, 6.45) is -0.0880. The summed E-state index contributed by atoms with van der Waals surface area (Å²) in [7, 11) is 1.34. The van der Waals surface area contributed by atoms with Gasteiger partial charge in [-0.05, 0) is 38.1 Å². The Morgan fingerprint density at radius 2 is 2.13 bits per heavy atom. The number of carbonyl (C=O) groups excluding carboxylic acids is 1. The maximum atomic E-state index is 11.5. The van der Waals surface area contributed by atoms with Crippen LogP contribution in [0.3, 0.4) is 0 Å². The van der Waals surface area contributed by atoms with Crippen molar-refractivity contribution < 1.29 is 23.1 Å². The van der Waals surface area contributed by atoms with Gasteiger partial charge in [0.2, 0.25) is 5.76 Å². The molecule has 3 rings (SSSR count). The van der Waals surface area contributed by atoms with Gasteiger partial charge in [-0.2, -0.15) is 0 Å². The first kappa shape index (κ1) is 15.8. The molecular formula is C17H21NO5. The van der Waals surface area contributed by atoms with Crippen LogP contribution in [0.1, 0.15) is 46.9 Å². The van der Waals surface area contributed by atoms with Gasteiger partial charge in [0, 0.05) is 13.1 Å². The van der Waals surface area contributed by atoms with Crippen LogP contribution >= 0.6 is 0 Å². The van der Waals surface area contributed by atoms with Gasteiger partial charge in [-0.15, -0.1) is 0 Å². The fraction of sp³-hybridized carbons (Fsp3) is 0.471. The molecule has 0 radical (unpaired) electrons. The molecule has 23 heavy (non-hydrogen) atoms. The van der Waals surface area contributed by atoms with E-state index in [0.717, 1.165) is 23.8 Å². The highest BCUT2D eigenvalue weighted by Gasteiger charge is 2.29. The molecule has 1 aliphatic rings. The summed E-state index contributed by atoms with van der Waals surface area (Å²) in [6.45, 7) is 6.10. The number of carbonyl (C=O) groups is 1. The lowest BCUT2D eigenvalue weighted by molar-refractivity contribution is -0.0549. The third-order valence-electron chi connectivity index (χ3n) is 4.15. The quantitative estimate of drug-likeness (QED) is 0.807. The Balaban J connectivity index is 1.70. The zero-order valence-electron chi connectivity index (χ0n) is 13.6. The smallest absolute Gasteiger partial charge is 0.373 e. The largest absolute Gasteiger partial charge is 0.464 e. The van der Waals surface area contributed by atoms with Gasteiger partial charge in [0.15, 0.2) is 0 Å². The molecule has 0 N–H and O–H groups in total. The number of methoxy groups -OCH3 is 1. The minimum atomic E-state index is -0.464. The average Bonchev–Trinajstić information content (AvgIpc) is 3.23. The molecule has 1 saturated heterocycles. The molecule has 6 heteroatoms. The predicted molar refractivity (Wildman–Crippen MR) is 82.2 cm³/mol. The summed E-state index contributed by atoms with van der Waals surface area (Å²) in [6, 6.07) is 7.40. The molecular weight excluding hydrogens is 298 g/mol. The van der Waals surface area contributed by atoms with Gasteiger partial charge in [0.25, 0.3) is 0 Å². The Labute approximate surface area is 135 Å². The molecule has 124 valence electrons. The summed E-state index contributed by atoms with van der Waals surface area (Å²) in [5, 5.41) is 0. The van der Waals surface area contributed by atoms with Crippen LogP contribution in [-0.2, 0) is 9.47 Å². The molecule has 0 aliphatic carbocycles. The highest BCUT2D eigenvalue weighted by Crippen LogP contribution is 2.30. The summed E-state index contributed by atoms with van der Waals surface area (Å²) < 4.78 is 21.8. The number of hydrogen-bond donors (Lipinski definition) is 0. The molecule has 2 aromatic rings. The van der Waals surface area contributed by atoms with Crippen molar-refractivity contribution in [3.05, 3.63) is 47.3 Å². The van der Waals surface area contributed by atoms with E-state index in [1.807, 2.05) is 25.1 Å². The third-order valence-corrected chi connectivity index (χ3v) is 4.15. The van der Waals surface area contributed by atoms with Gasteiger partial charge >= 0.3 is 5.97 Å². The Morgan fingerprint density at radius 3 is 2.83 bits per heavy atom. The summed E-state index contributed by atoms with van der Waals surface area (Å²) >= 11 is 0. The molecule has 0 amide bonds. The number of morpholine rings is 1. The van der Waals surface area contributed by atoms with Crippen LogP contribution in [0, 0.1) is 6.92 Å². The van der Waals surface area contributed by atoms with E-state index in [1.54, 1.807) is 6.07 Å². The van der Waals surface area contributed by atoms with Crippen molar-refractivity contribution in [2.75, 3.05) is 26.8 Å². The normalized spacial score (nSPS) is 20.4. The van der Waals surface area contributed by atoms with Gasteiger partial charge in [-0.1, -0.05) is 0 Å². The Hall–Kier alpha value is -2.05. The van der Waals surface area contributed by atoms with Crippen molar-refractivity contribution >= 4 is 5.97 Å². The third kappa shape index (κ3) is 3.33. The van der Waals surface area contributed by atoms with Crippen LogP contribution in [0.15, 0.2) is 33.1 Å². The van der Waals surface area contributed by atoms with Crippen molar-refractivity contribution in [1.82, 2.24) is 4.90 Å². The first-order valence-electron chi connectivity index (χ1n) is 7.68. The molecule has 6 nitrogen and oxygen atoms in total. The SMILES string of the molecule is COC(=O)c1ccc([C@@H](C)N2CCO[C@H](c3ccc(C)o3)C2)o1. The van der Waals surface area contributed by atoms with Crippen LogP contribution < -0.4 is 0 Å². The van der Waals surface area contributed by atoms with E-state index in [1.165, 1.54) is 7.11 Å². The fourth-order valence-electron chi connectivity index (χ4n) is 2.79. The summed E-state index contributed by atoms with van der Waals surface area (Å²) in [4.78, 5) is 13.8. The van der Waals surface area contributed by atoms with E-state index < -0.39 is 5.97 Å². The molecule has 0 bridgehead atoms. The minimum Gasteiger partial charge on any atom is -0.464 e. The molecule has 2 atom stereocenters. The number of esters is 1. The highest BCUT2D eigenvalue weighted by atomic mass is 16.5. The number of aryl methyl sites for hydroxylation is 1. The lowest BCUT2D eigenvalue weighted by atomic mass is 10.1. The van der Waals surface area contributed by atoms with Gasteiger partial charge in [-0.3, -0.25) is 4.90 Å². The van der Waals surface area contributed by atoms with Crippen molar-refractivity contribution in [3.63, 3.8) is 0 Å². The number of rotatable bonds is 4. The summed E-state index contributed by atoms with van der Waals surface area (Å²) in [5.41, 5.74) is 0. The van der Waals surface area contributed by atoms with Crippen molar-refractivity contribution in [2.45, 2.75) is 26.0 Å². The van der Waals surface area contributed by atoms with Crippen molar-refractivity contribution in [1.29, 1.82) is 0 Å². The zero-order chi connectivity index (χ0) is 16.4. The second-order valence-corrected chi connectivity index (χ2v) is 5.67. The number of ether oxygens (including phenoxy) is 2. The van der Waals surface area contributed by atoms with Crippen LogP contribution in [-0.4, -0.2) is 37.7 Å². The fourth-order valence-corrected chi connectivity index (χ4v) is 2.79. The van der Waals surface area contributed by atoms with Crippen molar-refractivity contribution in [3.8, 4) is 0 Å². The van der Waals surface area contributed by atoms with Gasteiger partial charge < -0.3 is 18.3 Å². The standard InChI is InChI=1S/C17H21NO5/c1-11-4-5-14(22-11)16-10-18(8-9-21-16)12(2)13-6-7-15(23-13)17(19)20-3/h4-7,12,16H,8-10H2,1-3H3/t12-,16+/m1/s1.